The van der Waals surface area contributed by atoms with Crippen LogP contribution in [0, 0.1) is 6.92 Å². The number of nitrogen functional groups attached to an aromatic ring is 1. The number of rotatable bonds is 5. The van der Waals surface area contributed by atoms with E-state index < -0.39 is 0 Å². The minimum Gasteiger partial charge on any atom is -0.497 e. The molecule has 0 saturated heterocycles. The maximum absolute atomic E-state index is 13.1. The van der Waals surface area contributed by atoms with Gasteiger partial charge in [-0.2, -0.15) is 5.10 Å². The molecule has 0 unspecified atom stereocenters. The van der Waals surface area contributed by atoms with E-state index in [9.17, 15) is 4.79 Å². The van der Waals surface area contributed by atoms with Crippen LogP contribution in [-0.4, -0.2) is 37.6 Å². The minimum absolute atomic E-state index is 0.227. The molecule has 8 nitrogen and oxygen atoms in total. The zero-order chi connectivity index (χ0) is 21.5. The summed E-state index contributed by atoms with van der Waals surface area (Å²) in [4.78, 5) is 23.8. The second kappa shape index (κ2) is 7.17. The summed E-state index contributed by atoms with van der Waals surface area (Å²) in [6.45, 7) is 1.90. The fourth-order valence-corrected chi connectivity index (χ4v) is 3.63. The van der Waals surface area contributed by atoms with E-state index in [0.29, 0.717) is 11.3 Å². The molecule has 31 heavy (non-hydrogen) atoms. The Morgan fingerprint density at radius 3 is 2.84 bits per heavy atom. The third kappa shape index (κ3) is 3.24. The zero-order valence-corrected chi connectivity index (χ0v) is 17.0. The van der Waals surface area contributed by atoms with Gasteiger partial charge in [-0.1, -0.05) is 12.1 Å². The number of nitrogens with zero attached hydrogens (tertiary/aromatic N) is 3. The number of fused-ring (bicyclic) bond motifs is 1. The van der Waals surface area contributed by atoms with Gasteiger partial charge in [-0.25, -0.2) is 9.67 Å². The normalized spacial score (nSPS) is 11.2. The molecule has 4 N–H and O–H groups in total. The lowest BCUT2D eigenvalue weighted by Gasteiger charge is -2.05. The molecular weight excluding hydrogens is 392 g/mol. The van der Waals surface area contributed by atoms with Gasteiger partial charge >= 0.3 is 0 Å². The van der Waals surface area contributed by atoms with Crippen LogP contribution < -0.4 is 10.5 Å². The number of benzene rings is 2. The molecule has 8 heteroatoms. The number of nitrogens with one attached hydrogen (secondary N) is 2. The summed E-state index contributed by atoms with van der Waals surface area (Å²) in [5.41, 5.74) is 11.4. The molecule has 5 rings (SSSR count). The van der Waals surface area contributed by atoms with E-state index in [0.717, 1.165) is 39.4 Å². The Morgan fingerprint density at radius 1 is 1.13 bits per heavy atom. The number of methoxy groups -OCH3 is 1. The second-order valence-electron chi connectivity index (χ2n) is 7.24. The van der Waals surface area contributed by atoms with Crippen LogP contribution in [0.2, 0.25) is 0 Å². The van der Waals surface area contributed by atoms with Crippen LogP contribution in [0.25, 0.3) is 27.8 Å². The van der Waals surface area contributed by atoms with Crippen LogP contribution >= 0.6 is 0 Å². The van der Waals surface area contributed by atoms with E-state index in [1.807, 2.05) is 49.4 Å². The number of hydrogen-bond donors (Lipinski definition) is 3. The topological polar surface area (TPSA) is 115 Å². The summed E-state index contributed by atoms with van der Waals surface area (Å²) < 4.78 is 6.82. The van der Waals surface area contributed by atoms with Gasteiger partial charge in [0.15, 0.2) is 0 Å². The van der Waals surface area contributed by atoms with Gasteiger partial charge in [-0.05, 0) is 48.9 Å². The average molecular weight is 412 g/mol. The molecule has 154 valence electrons. The van der Waals surface area contributed by atoms with Crippen molar-refractivity contribution in [2.24, 2.45) is 0 Å². The number of nitrogens with two attached hydrogens (primary N) is 1. The van der Waals surface area contributed by atoms with Crippen molar-refractivity contribution in [1.82, 2.24) is 24.7 Å². The summed E-state index contributed by atoms with van der Waals surface area (Å²) in [5, 5.41) is 4.34. The first kappa shape index (κ1) is 18.7. The average Bonchev–Trinajstić information content (AvgIpc) is 3.50. The van der Waals surface area contributed by atoms with E-state index >= 15 is 0 Å². The summed E-state index contributed by atoms with van der Waals surface area (Å²) in [6, 6.07) is 15.1. The standard InChI is InChI=1S/C23H20N6O2/c1-13-27-19-7-6-16(10-20(19)28-13)29-23(24)18(12-26-29)22(30)21-9-15(11-25-21)14-4-3-5-17(8-14)31-2/h3-12,25H,24H2,1-2H3,(H,27,28). The third-order valence-corrected chi connectivity index (χ3v) is 5.21. The van der Waals surface area contributed by atoms with E-state index in [1.54, 1.807) is 24.1 Å². The van der Waals surface area contributed by atoms with Crippen molar-refractivity contribution in [1.29, 1.82) is 0 Å². The number of aromatic nitrogens is 5. The number of ketones is 1. The Kier molecular flexibility index (Phi) is 4.32. The molecule has 0 amide bonds. The Morgan fingerprint density at radius 2 is 2.00 bits per heavy atom. The van der Waals surface area contributed by atoms with Crippen molar-refractivity contribution in [2.75, 3.05) is 12.8 Å². The molecule has 0 bridgehead atoms. The highest BCUT2D eigenvalue weighted by molar-refractivity contribution is 6.11. The number of imidazole rings is 1. The Bertz CT molecular complexity index is 1430. The molecule has 3 aromatic heterocycles. The van der Waals surface area contributed by atoms with E-state index in [-0.39, 0.29) is 11.6 Å². The first-order valence-corrected chi connectivity index (χ1v) is 9.71. The molecule has 0 aliphatic heterocycles. The highest BCUT2D eigenvalue weighted by Crippen LogP contribution is 2.27. The predicted octanol–water partition coefficient (Wildman–Crippen LogP) is 3.87. The summed E-state index contributed by atoms with van der Waals surface area (Å²) in [6.07, 6.45) is 3.28. The SMILES string of the molecule is COc1cccc(-c2c[nH]c(C(=O)c3cnn(-c4ccc5[nH]c(C)nc5c4)c3N)c2)c1. The monoisotopic (exact) mass is 412 g/mol. The lowest BCUT2D eigenvalue weighted by Crippen LogP contribution is -2.07. The van der Waals surface area contributed by atoms with Gasteiger partial charge in [0, 0.05) is 11.8 Å². The van der Waals surface area contributed by atoms with Crippen LogP contribution in [0.3, 0.4) is 0 Å². The first-order chi connectivity index (χ1) is 15.0. The maximum Gasteiger partial charge on any atom is 0.214 e. The molecule has 0 aliphatic carbocycles. The molecular formula is C23H20N6O2. The number of hydrogen-bond acceptors (Lipinski definition) is 5. The highest BCUT2D eigenvalue weighted by Gasteiger charge is 2.20. The third-order valence-electron chi connectivity index (χ3n) is 5.21. The van der Waals surface area contributed by atoms with Gasteiger partial charge in [-0.15, -0.1) is 0 Å². The van der Waals surface area contributed by atoms with Crippen LogP contribution in [-0.2, 0) is 0 Å². The smallest absolute Gasteiger partial charge is 0.214 e. The zero-order valence-electron chi connectivity index (χ0n) is 17.0. The van der Waals surface area contributed by atoms with Gasteiger partial charge in [0.05, 0.1) is 41.3 Å². The molecule has 3 heterocycles. The van der Waals surface area contributed by atoms with E-state index in [1.165, 1.54) is 6.20 Å². The Balaban J connectivity index is 1.46. The van der Waals surface area contributed by atoms with Gasteiger partial charge in [0.25, 0.3) is 0 Å². The van der Waals surface area contributed by atoms with Gasteiger partial charge in [-0.3, -0.25) is 4.79 Å². The molecule has 0 aliphatic rings. The Labute approximate surface area is 177 Å². The highest BCUT2D eigenvalue weighted by atomic mass is 16.5. The fourth-order valence-electron chi connectivity index (χ4n) is 3.63. The predicted molar refractivity (Wildman–Crippen MR) is 119 cm³/mol. The molecule has 0 fully saturated rings. The van der Waals surface area contributed by atoms with Crippen molar-refractivity contribution >= 4 is 22.6 Å². The number of ether oxygens (including phenoxy) is 1. The summed E-state index contributed by atoms with van der Waals surface area (Å²) >= 11 is 0. The lowest BCUT2D eigenvalue weighted by atomic mass is 10.1. The number of anilines is 1. The summed E-state index contributed by atoms with van der Waals surface area (Å²) in [7, 11) is 1.62. The number of aryl methyl sites for hydroxylation is 1. The van der Waals surface area contributed by atoms with Crippen LogP contribution in [0.1, 0.15) is 21.9 Å². The molecule has 0 spiro atoms. The van der Waals surface area contributed by atoms with Crippen molar-refractivity contribution < 1.29 is 9.53 Å². The largest absolute Gasteiger partial charge is 0.497 e. The maximum atomic E-state index is 13.1. The number of carbonyl (C=O) groups excluding carboxylic acids is 1. The molecule has 2 aromatic carbocycles. The minimum atomic E-state index is -0.227. The number of carbonyl (C=O) groups is 1. The molecule has 5 aromatic rings. The molecule has 0 atom stereocenters. The number of H-pyrrole nitrogens is 2. The molecule has 0 radical (unpaired) electrons. The van der Waals surface area contributed by atoms with Crippen LogP contribution in [0.4, 0.5) is 5.82 Å². The van der Waals surface area contributed by atoms with Gasteiger partial charge < -0.3 is 20.4 Å². The quantitative estimate of drug-likeness (QED) is 0.379. The van der Waals surface area contributed by atoms with Gasteiger partial charge in [0.2, 0.25) is 5.78 Å². The first-order valence-electron chi connectivity index (χ1n) is 9.71. The fraction of sp³-hybridized carbons (Fsp3) is 0.0870. The molecule has 0 saturated carbocycles. The Hall–Kier alpha value is -4.33. The summed E-state index contributed by atoms with van der Waals surface area (Å²) in [5.74, 6) is 1.62. The van der Waals surface area contributed by atoms with Crippen LogP contribution in [0.15, 0.2) is 60.9 Å². The second-order valence-corrected chi connectivity index (χ2v) is 7.24. The van der Waals surface area contributed by atoms with Crippen molar-refractivity contribution in [3.63, 3.8) is 0 Å². The van der Waals surface area contributed by atoms with Gasteiger partial charge in [0.1, 0.15) is 17.4 Å². The van der Waals surface area contributed by atoms with E-state index in [4.69, 9.17) is 10.5 Å². The lowest BCUT2D eigenvalue weighted by molar-refractivity contribution is 0.103. The number of aromatic amines is 2. The van der Waals surface area contributed by atoms with Crippen LogP contribution in [0.5, 0.6) is 5.75 Å². The van der Waals surface area contributed by atoms with E-state index in [2.05, 4.69) is 20.1 Å². The van der Waals surface area contributed by atoms with Crippen molar-refractivity contribution in [3.8, 4) is 22.6 Å². The van der Waals surface area contributed by atoms with Crippen molar-refractivity contribution in [2.45, 2.75) is 6.92 Å². The van der Waals surface area contributed by atoms with Crippen molar-refractivity contribution in [3.05, 3.63) is 78.0 Å².